The van der Waals surface area contributed by atoms with Crippen molar-refractivity contribution in [2.75, 3.05) is 32.7 Å². The third-order valence-corrected chi connectivity index (χ3v) is 9.36. The highest BCUT2D eigenvalue weighted by Gasteiger charge is 2.33. The summed E-state index contributed by atoms with van der Waals surface area (Å²) >= 11 is 1.45. The number of alkyl halides is 1. The quantitative estimate of drug-likeness (QED) is 0.225. The molecule has 1 atom stereocenters. The fourth-order valence-electron chi connectivity index (χ4n) is 6.10. The number of likely N-dealkylation sites (tertiary alicyclic amines) is 2. The number of rotatable bonds is 7. The molecule has 2 aliphatic rings. The highest BCUT2D eigenvalue weighted by Crippen LogP contribution is 2.36. The molecular weight excluding hydrogens is 584 g/mol. The van der Waals surface area contributed by atoms with Gasteiger partial charge in [0.1, 0.15) is 17.6 Å². The first-order valence-corrected chi connectivity index (χ1v) is 16.2. The minimum Gasteiger partial charge on any atom is -0.444 e. The molecule has 44 heavy (non-hydrogen) atoms. The van der Waals surface area contributed by atoms with Gasteiger partial charge in [0.15, 0.2) is 4.96 Å². The van der Waals surface area contributed by atoms with Gasteiger partial charge in [-0.3, -0.25) is 9.20 Å². The number of amides is 2. The fraction of sp³-hybridized carbons (Fsp3) is 0.485. The van der Waals surface area contributed by atoms with E-state index >= 15 is 4.39 Å². The van der Waals surface area contributed by atoms with E-state index in [4.69, 9.17) is 9.72 Å². The van der Waals surface area contributed by atoms with Gasteiger partial charge in [0.05, 0.1) is 22.0 Å². The molecule has 6 rings (SSSR count). The van der Waals surface area contributed by atoms with Crippen molar-refractivity contribution in [2.24, 2.45) is 0 Å². The lowest BCUT2D eigenvalue weighted by Crippen LogP contribution is -2.36. The van der Waals surface area contributed by atoms with Crippen LogP contribution in [0.1, 0.15) is 74.8 Å². The van der Waals surface area contributed by atoms with Crippen LogP contribution in [0.2, 0.25) is 0 Å². The predicted octanol–water partition coefficient (Wildman–Crippen LogP) is 6.98. The van der Waals surface area contributed by atoms with Gasteiger partial charge in [-0.15, -0.1) is 0 Å². The van der Waals surface area contributed by atoms with E-state index in [0.29, 0.717) is 47.7 Å². The van der Waals surface area contributed by atoms with Gasteiger partial charge in [-0.25, -0.2) is 18.6 Å². The van der Waals surface area contributed by atoms with Gasteiger partial charge < -0.3 is 19.9 Å². The Hall–Kier alpha value is -3.57. The van der Waals surface area contributed by atoms with E-state index in [1.54, 1.807) is 17.0 Å². The van der Waals surface area contributed by atoms with Gasteiger partial charge in [-0.1, -0.05) is 17.4 Å². The molecule has 0 saturated carbocycles. The van der Waals surface area contributed by atoms with Crippen LogP contribution in [-0.2, 0) is 4.74 Å². The Morgan fingerprint density at radius 3 is 2.64 bits per heavy atom. The van der Waals surface area contributed by atoms with Crippen molar-refractivity contribution in [1.82, 2.24) is 24.5 Å². The number of carbonyl (C=O) groups excluding carboxylic acids is 2. The number of piperidine rings is 1. The number of hydrogen-bond donors (Lipinski definition) is 1. The van der Waals surface area contributed by atoms with Crippen molar-refractivity contribution >= 4 is 38.5 Å². The van der Waals surface area contributed by atoms with E-state index in [1.807, 2.05) is 49.6 Å². The number of benzene rings is 2. The molecule has 0 unspecified atom stereocenters. The molecule has 0 aliphatic carbocycles. The van der Waals surface area contributed by atoms with Crippen molar-refractivity contribution in [2.45, 2.75) is 70.7 Å². The monoisotopic (exact) mass is 623 g/mol. The molecule has 2 saturated heterocycles. The molecule has 0 spiro atoms. The third-order valence-electron chi connectivity index (χ3n) is 8.34. The number of fused-ring (bicyclic) bond motifs is 3. The summed E-state index contributed by atoms with van der Waals surface area (Å²) in [5.74, 6) is -0.518. The highest BCUT2D eigenvalue weighted by atomic mass is 32.1. The first-order chi connectivity index (χ1) is 21.1. The van der Waals surface area contributed by atoms with E-state index in [1.165, 1.54) is 17.4 Å². The maximum atomic E-state index is 15.5. The smallest absolute Gasteiger partial charge is 0.410 e. The summed E-state index contributed by atoms with van der Waals surface area (Å²) in [5.41, 5.74) is 2.54. The summed E-state index contributed by atoms with van der Waals surface area (Å²) < 4.78 is 37.2. The Kier molecular flexibility index (Phi) is 8.61. The zero-order valence-corrected chi connectivity index (χ0v) is 26.3. The Bertz CT molecular complexity index is 1670. The lowest BCUT2D eigenvalue weighted by Gasteiger charge is -2.29. The number of ether oxygens (including phenoxy) is 1. The summed E-state index contributed by atoms with van der Waals surface area (Å²) in [4.78, 5) is 34.9. The maximum Gasteiger partial charge on any atom is 0.410 e. The molecule has 11 heteroatoms. The third kappa shape index (κ3) is 6.58. The van der Waals surface area contributed by atoms with Crippen LogP contribution in [0.3, 0.4) is 0 Å². The van der Waals surface area contributed by atoms with Gasteiger partial charge in [-0.05, 0) is 95.3 Å². The van der Waals surface area contributed by atoms with Crippen LogP contribution in [0, 0.1) is 5.82 Å². The average Bonchev–Trinajstić information content (AvgIpc) is 3.70. The molecule has 2 aromatic heterocycles. The van der Waals surface area contributed by atoms with Crippen LogP contribution in [0.25, 0.3) is 26.4 Å². The molecule has 2 fully saturated rings. The average molecular weight is 624 g/mol. The minimum absolute atomic E-state index is 0.129. The van der Waals surface area contributed by atoms with Crippen LogP contribution in [0.5, 0.6) is 0 Å². The molecule has 2 aliphatic heterocycles. The molecule has 0 radical (unpaired) electrons. The highest BCUT2D eigenvalue weighted by molar-refractivity contribution is 7.23. The van der Waals surface area contributed by atoms with E-state index in [-0.39, 0.29) is 23.9 Å². The number of nitrogens with zero attached hydrogens (tertiary/aromatic N) is 4. The first kappa shape index (κ1) is 30.5. The number of halogens is 2. The van der Waals surface area contributed by atoms with Crippen molar-refractivity contribution in [3.05, 3.63) is 59.5 Å². The summed E-state index contributed by atoms with van der Waals surface area (Å²) in [7, 11) is 0. The van der Waals surface area contributed by atoms with Crippen molar-refractivity contribution < 1.29 is 23.1 Å². The van der Waals surface area contributed by atoms with Crippen LogP contribution < -0.4 is 5.32 Å². The number of hydrogen-bond acceptors (Lipinski definition) is 6. The molecule has 2 aromatic carbocycles. The Morgan fingerprint density at radius 2 is 1.89 bits per heavy atom. The Labute approximate surface area is 260 Å². The lowest BCUT2D eigenvalue weighted by atomic mass is 10.0. The maximum absolute atomic E-state index is 15.5. The van der Waals surface area contributed by atoms with Crippen LogP contribution in [0.15, 0.2) is 42.6 Å². The van der Waals surface area contributed by atoms with Gasteiger partial charge >= 0.3 is 6.09 Å². The molecule has 1 N–H and O–H groups in total. The van der Waals surface area contributed by atoms with Gasteiger partial charge in [0.25, 0.3) is 5.91 Å². The molecule has 8 nitrogen and oxygen atoms in total. The van der Waals surface area contributed by atoms with Crippen LogP contribution in [0.4, 0.5) is 13.6 Å². The SMILES string of the molecule is CC(C)(C)OC(=O)N1CCC[C@@H]1c1ccc(-c2cn3c(n2)sc2cc(C(=O)NCCCN4CCC(F)CC4)ccc23)c(F)c1. The van der Waals surface area contributed by atoms with Crippen molar-refractivity contribution in [3.8, 4) is 11.3 Å². The van der Waals surface area contributed by atoms with Crippen molar-refractivity contribution in [3.63, 3.8) is 0 Å². The fourth-order valence-corrected chi connectivity index (χ4v) is 7.15. The molecule has 234 valence electrons. The standard InChI is InChI=1S/C33H39F2N5O3S/c1-33(2,3)43-32(42)39-15-4-6-27(39)21-7-9-24(25(35)18-21)26-20-40-28-10-8-22(19-29(28)44-31(40)37-26)30(41)36-13-5-14-38-16-11-23(34)12-17-38/h7-10,18-20,23,27H,4-6,11-17H2,1-3H3,(H,36,41)/t27-/m1/s1. The van der Waals surface area contributed by atoms with E-state index in [9.17, 15) is 14.0 Å². The van der Waals surface area contributed by atoms with Gasteiger partial charge in [0, 0.05) is 43.5 Å². The molecule has 4 heterocycles. The van der Waals surface area contributed by atoms with E-state index in [0.717, 1.165) is 54.7 Å². The predicted molar refractivity (Wildman–Crippen MR) is 168 cm³/mol. The number of nitrogens with one attached hydrogen (secondary N) is 1. The number of imidazole rings is 1. The van der Waals surface area contributed by atoms with Crippen LogP contribution in [-0.4, -0.2) is 75.7 Å². The lowest BCUT2D eigenvalue weighted by molar-refractivity contribution is 0.0224. The minimum atomic E-state index is -0.679. The summed E-state index contributed by atoms with van der Waals surface area (Å²) in [6.07, 6.45) is 4.36. The summed E-state index contributed by atoms with van der Waals surface area (Å²) in [6, 6.07) is 10.4. The Morgan fingerprint density at radius 1 is 1.09 bits per heavy atom. The van der Waals surface area contributed by atoms with Crippen LogP contribution >= 0.6 is 11.3 Å². The second kappa shape index (κ2) is 12.4. The largest absolute Gasteiger partial charge is 0.444 e. The molecule has 4 aromatic rings. The van der Waals surface area contributed by atoms with Gasteiger partial charge in [0.2, 0.25) is 0 Å². The second-order valence-corrected chi connectivity index (χ2v) is 13.8. The number of thiazole rings is 1. The van der Waals surface area contributed by atoms with E-state index < -0.39 is 11.8 Å². The van der Waals surface area contributed by atoms with E-state index in [2.05, 4.69) is 10.2 Å². The zero-order valence-electron chi connectivity index (χ0n) is 25.4. The Balaban J connectivity index is 1.12. The second-order valence-electron chi connectivity index (χ2n) is 12.8. The molecule has 0 bridgehead atoms. The number of carbonyl (C=O) groups is 2. The molecular formula is C33H39F2N5O3S. The van der Waals surface area contributed by atoms with Crippen molar-refractivity contribution in [1.29, 1.82) is 0 Å². The summed E-state index contributed by atoms with van der Waals surface area (Å²) in [5, 5.41) is 2.99. The topological polar surface area (TPSA) is 79.2 Å². The molecule has 2 amide bonds. The number of aromatic nitrogens is 2. The normalized spacial score (nSPS) is 18.4. The van der Waals surface area contributed by atoms with Gasteiger partial charge in [-0.2, -0.15) is 0 Å². The summed E-state index contributed by atoms with van der Waals surface area (Å²) in [6.45, 7) is 9.07. The first-order valence-electron chi connectivity index (χ1n) is 15.4. The zero-order chi connectivity index (χ0) is 31.0.